The fraction of sp³-hybridized carbons (Fsp3) is 0.368. The van der Waals surface area contributed by atoms with E-state index in [1.165, 1.54) is 16.7 Å². The van der Waals surface area contributed by atoms with Crippen LogP contribution >= 0.6 is 0 Å². The molecule has 2 aromatic rings. The molecule has 0 saturated heterocycles. The van der Waals surface area contributed by atoms with E-state index in [2.05, 4.69) is 51.1 Å². The highest BCUT2D eigenvalue weighted by molar-refractivity contribution is 5.41. The van der Waals surface area contributed by atoms with Gasteiger partial charge in [0.15, 0.2) is 0 Å². The van der Waals surface area contributed by atoms with Gasteiger partial charge < -0.3 is 10.5 Å². The fourth-order valence-electron chi connectivity index (χ4n) is 2.44. The Balaban J connectivity index is 2.22. The SMILES string of the molecule is CCC(N)Cc1cccc(C)c1OC(C)c1ccccc1. The fourth-order valence-corrected chi connectivity index (χ4v) is 2.44. The Morgan fingerprint density at radius 2 is 1.76 bits per heavy atom. The van der Waals surface area contributed by atoms with Crippen LogP contribution in [-0.4, -0.2) is 6.04 Å². The summed E-state index contributed by atoms with van der Waals surface area (Å²) in [7, 11) is 0. The van der Waals surface area contributed by atoms with Gasteiger partial charge in [-0.2, -0.15) is 0 Å². The molecule has 2 aromatic carbocycles. The molecule has 0 radical (unpaired) electrons. The van der Waals surface area contributed by atoms with E-state index in [0.717, 1.165) is 18.6 Å². The average molecular weight is 283 g/mol. The van der Waals surface area contributed by atoms with Gasteiger partial charge in [-0.1, -0.05) is 55.5 Å². The summed E-state index contributed by atoms with van der Waals surface area (Å²) in [6, 6.07) is 16.8. The number of ether oxygens (including phenoxy) is 1. The van der Waals surface area contributed by atoms with Crippen molar-refractivity contribution in [3.63, 3.8) is 0 Å². The van der Waals surface area contributed by atoms with Crippen molar-refractivity contribution in [1.29, 1.82) is 0 Å². The van der Waals surface area contributed by atoms with Gasteiger partial charge in [0.1, 0.15) is 11.9 Å². The molecular formula is C19H25NO. The van der Waals surface area contributed by atoms with E-state index in [-0.39, 0.29) is 12.1 Å². The molecule has 2 heteroatoms. The lowest BCUT2D eigenvalue weighted by Crippen LogP contribution is -2.22. The minimum atomic E-state index is 0.0314. The zero-order chi connectivity index (χ0) is 15.2. The van der Waals surface area contributed by atoms with Gasteiger partial charge in [0.05, 0.1) is 0 Å². The molecule has 0 amide bonds. The average Bonchev–Trinajstić information content (AvgIpc) is 2.51. The number of rotatable bonds is 6. The Kier molecular flexibility index (Phi) is 5.40. The lowest BCUT2D eigenvalue weighted by Gasteiger charge is -2.21. The van der Waals surface area contributed by atoms with Crippen LogP contribution in [0.5, 0.6) is 5.75 Å². The van der Waals surface area contributed by atoms with Crippen LogP contribution < -0.4 is 10.5 Å². The molecule has 0 saturated carbocycles. The normalized spacial score (nSPS) is 13.7. The van der Waals surface area contributed by atoms with Gasteiger partial charge in [0, 0.05) is 6.04 Å². The molecule has 112 valence electrons. The van der Waals surface area contributed by atoms with Crippen molar-refractivity contribution in [2.24, 2.45) is 5.73 Å². The van der Waals surface area contributed by atoms with Crippen LogP contribution in [-0.2, 0) is 6.42 Å². The van der Waals surface area contributed by atoms with Crippen LogP contribution in [0.1, 0.15) is 43.1 Å². The molecule has 0 bridgehead atoms. The molecule has 0 aromatic heterocycles. The summed E-state index contributed by atoms with van der Waals surface area (Å²) in [5.74, 6) is 0.984. The van der Waals surface area contributed by atoms with Gasteiger partial charge in [-0.15, -0.1) is 0 Å². The highest BCUT2D eigenvalue weighted by Crippen LogP contribution is 2.29. The van der Waals surface area contributed by atoms with Crippen molar-refractivity contribution < 1.29 is 4.74 Å². The highest BCUT2D eigenvalue weighted by Gasteiger charge is 2.14. The Labute approximate surface area is 127 Å². The van der Waals surface area contributed by atoms with Crippen molar-refractivity contribution in [2.75, 3.05) is 0 Å². The van der Waals surface area contributed by atoms with Gasteiger partial charge in [0.2, 0.25) is 0 Å². The first-order valence-corrected chi connectivity index (χ1v) is 7.67. The lowest BCUT2D eigenvalue weighted by atomic mass is 10.0. The number of hydrogen-bond acceptors (Lipinski definition) is 2. The quantitative estimate of drug-likeness (QED) is 0.852. The summed E-state index contributed by atoms with van der Waals surface area (Å²) in [6.45, 7) is 6.30. The molecular weight excluding hydrogens is 258 g/mol. The van der Waals surface area contributed by atoms with E-state index in [1.807, 2.05) is 18.2 Å². The predicted molar refractivity (Wildman–Crippen MR) is 88.6 cm³/mol. The van der Waals surface area contributed by atoms with Crippen molar-refractivity contribution in [2.45, 2.75) is 45.8 Å². The third kappa shape index (κ3) is 4.08. The van der Waals surface area contributed by atoms with E-state index in [1.54, 1.807) is 0 Å². The Morgan fingerprint density at radius 1 is 1.05 bits per heavy atom. The van der Waals surface area contributed by atoms with Gasteiger partial charge in [-0.25, -0.2) is 0 Å². The minimum Gasteiger partial charge on any atom is -0.485 e. The molecule has 0 fully saturated rings. The second kappa shape index (κ2) is 7.28. The molecule has 0 aliphatic rings. The standard InChI is InChI=1S/C19H25NO/c1-4-18(20)13-17-12-8-9-14(2)19(17)21-15(3)16-10-6-5-7-11-16/h5-12,15,18H,4,13,20H2,1-3H3. The molecule has 0 spiro atoms. The number of para-hydroxylation sites is 1. The highest BCUT2D eigenvalue weighted by atomic mass is 16.5. The zero-order valence-corrected chi connectivity index (χ0v) is 13.2. The van der Waals surface area contributed by atoms with Crippen LogP contribution in [0, 0.1) is 6.92 Å². The first kappa shape index (κ1) is 15.6. The summed E-state index contributed by atoms with van der Waals surface area (Å²) in [6.07, 6.45) is 1.86. The smallest absolute Gasteiger partial charge is 0.126 e. The number of nitrogens with two attached hydrogens (primary N) is 1. The Hall–Kier alpha value is -1.80. The van der Waals surface area contributed by atoms with E-state index in [9.17, 15) is 0 Å². The summed E-state index contributed by atoms with van der Waals surface area (Å²) >= 11 is 0. The zero-order valence-electron chi connectivity index (χ0n) is 13.2. The first-order valence-electron chi connectivity index (χ1n) is 7.67. The summed E-state index contributed by atoms with van der Waals surface area (Å²) in [5, 5.41) is 0. The van der Waals surface area contributed by atoms with Gasteiger partial charge in [-0.05, 0) is 43.4 Å². The molecule has 0 heterocycles. The third-order valence-electron chi connectivity index (χ3n) is 3.86. The topological polar surface area (TPSA) is 35.2 Å². The van der Waals surface area contributed by atoms with E-state index in [0.29, 0.717) is 0 Å². The maximum Gasteiger partial charge on any atom is 0.126 e. The van der Waals surface area contributed by atoms with E-state index in [4.69, 9.17) is 10.5 Å². The van der Waals surface area contributed by atoms with Gasteiger partial charge in [-0.3, -0.25) is 0 Å². The molecule has 2 N–H and O–H groups in total. The second-order valence-corrected chi connectivity index (χ2v) is 5.61. The summed E-state index contributed by atoms with van der Waals surface area (Å²) < 4.78 is 6.25. The lowest BCUT2D eigenvalue weighted by molar-refractivity contribution is 0.222. The minimum absolute atomic E-state index is 0.0314. The van der Waals surface area contributed by atoms with Crippen LogP contribution in [0.25, 0.3) is 0 Å². The third-order valence-corrected chi connectivity index (χ3v) is 3.86. The molecule has 2 unspecified atom stereocenters. The number of aryl methyl sites for hydroxylation is 1. The molecule has 2 nitrogen and oxygen atoms in total. The summed E-state index contributed by atoms with van der Waals surface area (Å²) in [5.41, 5.74) is 9.66. The van der Waals surface area contributed by atoms with E-state index >= 15 is 0 Å². The van der Waals surface area contributed by atoms with Crippen LogP contribution in [0.3, 0.4) is 0 Å². The second-order valence-electron chi connectivity index (χ2n) is 5.61. The maximum absolute atomic E-state index is 6.25. The Bertz CT molecular complexity index is 565. The molecule has 2 rings (SSSR count). The summed E-state index contributed by atoms with van der Waals surface area (Å²) in [4.78, 5) is 0. The monoisotopic (exact) mass is 283 g/mol. The molecule has 0 aliphatic carbocycles. The maximum atomic E-state index is 6.25. The largest absolute Gasteiger partial charge is 0.485 e. The number of hydrogen-bond donors (Lipinski definition) is 1. The first-order chi connectivity index (χ1) is 10.1. The van der Waals surface area contributed by atoms with Crippen LogP contribution in [0.2, 0.25) is 0 Å². The molecule has 0 aliphatic heterocycles. The van der Waals surface area contributed by atoms with Crippen molar-refractivity contribution in [1.82, 2.24) is 0 Å². The molecule has 21 heavy (non-hydrogen) atoms. The molecule has 2 atom stereocenters. The van der Waals surface area contributed by atoms with Gasteiger partial charge >= 0.3 is 0 Å². The van der Waals surface area contributed by atoms with Gasteiger partial charge in [0.25, 0.3) is 0 Å². The Morgan fingerprint density at radius 3 is 2.43 bits per heavy atom. The van der Waals surface area contributed by atoms with Crippen molar-refractivity contribution in [3.05, 3.63) is 65.2 Å². The van der Waals surface area contributed by atoms with Crippen LogP contribution in [0.15, 0.2) is 48.5 Å². The van der Waals surface area contributed by atoms with Crippen molar-refractivity contribution in [3.8, 4) is 5.75 Å². The van der Waals surface area contributed by atoms with Crippen LogP contribution in [0.4, 0.5) is 0 Å². The number of benzene rings is 2. The predicted octanol–water partition coefficient (Wildman–Crippen LogP) is 4.41. The van der Waals surface area contributed by atoms with E-state index < -0.39 is 0 Å². The van der Waals surface area contributed by atoms with Crippen molar-refractivity contribution >= 4 is 0 Å².